The van der Waals surface area contributed by atoms with Gasteiger partial charge in [-0.15, -0.1) is 0 Å². The molecule has 0 bridgehead atoms. The Bertz CT molecular complexity index is 482. The van der Waals surface area contributed by atoms with Crippen LogP contribution in [0.1, 0.15) is 43.0 Å². The third-order valence-corrected chi connectivity index (χ3v) is 3.60. The Morgan fingerprint density at radius 2 is 2.11 bits per heavy atom. The molecule has 0 atom stereocenters. The number of carbonyl (C=O) groups excluding carboxylic acids is 1. The highest BCUT2D eigenvalue weighted by molar-refractivity contribution is 5.53. The molecule has 3 rings (SSSR count). The molecule has 1 heterocycles. The fourth-order valence-electron chi connectivity index (χ4n) is 2.03. The molecule has 1 N–H and O–H groups in total. The highest BCUT2D eigenvalue weighted by Crippen LogP contribution is 2.40. The lowest BCUT2D eigenvalue weighted by atomic mass is 10.3. The minimum atomic E-state index is 0.0457. The number of rotatable bonds is 7. The molecule has 2 aliphatic rings. The molecular weight excluding hydrogens is 242 g/mol. The summed E-state index contributed by atoms with van der Waals surface area (Å²) < 4.78 is 5.41. The Balaban J connectivity index is 1.81. The first-order valence-corrected chi connectivity index (χ1v) is 6.96. The van der Waals surface area contributed by atoms with Crippen LogP contribution in [-0.4, -0.2) is 29.4 Å². The van der Waals surface area contributed by atoms with Crippen molar-refractivity contribution in [2.75, 3.05) is 18.5 Å². The monoisotopic (exact) mass is 261 g/mol. The number of nitrogens with one attached hydrogen (secondary N) is 1. The first kappa shape index (κ1) is 12.4. The van der Waals surface area contributed by atoms with Crippen molar-refractivity contribution in [1.82, 2.24) is 9.97 Å². The quantitative estimate of drug-likeness (QED) is 0.761. The number of aldehydes is 1. The van der Waals surface area contributed by atoms with E-state index in [1.807, 2.05) is 6.92 Å². The molecule has 5 heteroatoms. The molecule has 0 aromatic carbocycles. The number of hydrogen-bond donors (Lipinski definition) is 1. The van der Waals surface area contributed by atoms with Gasteiger partial charge < -0.3 is 10.1 Å². The van der Waals surface area contributed by atoms with Crippen LogP contribution in [-0.2, 0) is 4.79 Å². The third kappa shape index (κ3) is 3.03. The van der Waals surface area contributed by atoms with E-state index in [1.165, 1.54) is 12.8 Å². The summed E-state index contributed by atoms with van der Waals surface area (Å²) in [4.78, 5) is 19.5. The van der Waals surface area contributed by atoms with Gasteiger partial charge in [-0.2, -0.15) is 4.98 Å². The number of carbonyl (C=O) groups is 1. The van der Waals surface area contributed by atoms with Crippen LogP contribution in [0.15, 0.2) is 0 Å². The first-order valence-electron chi connectivity index (χ1n) is 6.96. The maximum absolute atomic E-state index is 10.4. The molecule has 0 saturated heterocycles. The van der Waals surface area contributed by atoms with E-state index in [1.54, 1.807) is 0 Å². The molecular formula is C14H19N3O2. The third-order valence-electron chi connectivity index (χ3n) is 3.60. The average molecular weight is 261 g/mol. The Morgan fingerprint density at radius 1 is 1.32 bits per heavy atom. The minimum absolute atomic E-state index is 0.0457. The smallest absolute Gasteiger partial charge is 0.222 e. The summed E-state index contributed by atoms with van der Waals surface area (Å²) in [5.41, 5.74) is 0.895. The second-order valence-corrected chi connectivity index (χ2v) is 5.44. The van der Waals surface area contributed by atoms with Crippen molar-refractivity contribution < 1.29 is 9.53 Å². The summed E-state index contributed by atoms with van der Waals surface area (Å²) in [5.74, 6) is 3.52. The van der Waals surface area contributed by atoms with Crippen molar-refractivity contribution in [3.8, 4) is 5.88 Å². The van der Waals surface area contributed by atoms with Gasteiger partial charge in [0.1, 0.15) is 18.2 Å². The van der Waals surface area contributed by atoms with Crippen LogP contribution in [0.25, 0.3) is 0 Å². The van der Waals surface area contributed by atoms with Gasteiger partial charge in [-0.05, 0) is 38.5 Å². The lowest BCUT2D eigenvalue weighted by Gasteiger charge is -2.13. The van der Waals surface area contributed by atoms with E-state index in [-0.39, 0.29) is 6.61 Å². The molecule has 0 aliphatic heterocycles. The predicted molar refractivity (Wildman–Crippen MR) is 71.5 cm³/mol. The van der Waals surface area contributed by atoms with Gasteiger partial charge in [-0.3, -0.25) is 4.79 Å². The lowest BCUT2D eigenvalue weighted by molar-refractivity contribution is -0.109. The van der Waals surface area contributed by atoms with E-state index in [0.29, 0.717) is 11.8 Å². The van der Waals surface area contributed by atoms with Crippen LogP contribution < -0.4 is 10.1 Å². The molecule has 1 aromatic heterocycles. The number of anilines is 1. The van der Waals surface area contributed by atoms with Gasteiger partial charge in [0, 0.05) is 12.5 Å². The number of ether oxygens (including phenoxy) is 1. The van der Waals surface area contributed by atoms with Crippen molar-refractivity contribution in [2.45, 2.75) is 38.5 Å². The fourth-order valence-corrected chi connectivity index (χ4v) is 2.03. The van der Waals surface area contributed by atoms with Crippen LogP contribution in [0.4, 0.5) is 5.82 Å². The van der Waals surface area contributed by atoms with Gasteiger partial charge in [0.15, 0.2) is 6.29 Å². The summed E-state index contributed by atoms with van der Waals surface area (Å²) in [6.07, 6.45) is 5.66. The van der Waals surface area contributed by atoms with Gasteiger partial charge in [-0.25, -0.2) is 4.98 Å². The van der Waals surface area contributed by atoms with Gasteiger partial charge in [0.2, 0.25) is 5.88 Å². The molecule has 1 aromatic rings. The normalized spacial score (nSPS) is 18.2. The molecule has 0 spiro atoms. The maximum atomic E-state index is 10.4. The van der Waals surface area contributed by atoms with Gasteiger partial charge in [0.05, 0.1) is 5.56 Å². The summed E-state index contributed by atoms with van der Waals surface area (Å²) in [5, 5.41) is 3.40. The zero-order valence-corrected chi connectivity index (χ0v) is 11.2. The Labute approximate surface area is 112 Å². The van der Waals surface area contributed by atoms with E-state index >= 15 is 0 Å². The SMILES string of the molecule is Cc1c(NCC2CC2)nc(C2CC2)nc1OCC=O. The van der Waals surface area contributed by atoms with Crippen molar-refractivity contribution >= 4 is 12.1 Å². The number of aromatic nitrogens is 2. The Hall–Kier alpha value is -1.65. The highest BCUT2D eigenvalue weighted by atomic mass is 16.5. The van der Waals surface area contributed by atoms with Gasteiger partial charge in [0.25, 0.3) is 0 Å². The Morgan fingerprint density at radius 3 is 2.74 bits per heavy atom. The largest absolute Gasteiger partial charge is 0.470 e. The number of hydrogen-bond acceptors (Lipinski definition) is 5. The van der Waals surface area contributed by atoms with Crippen molar-refractivity contribution in [3.05, 3.63) is 11.4 Å². The zero-order chi connectivity index (χ0) is 13.2. The number of nitrogens with zero attached hydrogens (tertiary/aromatic N) is 2. The molecule has 5 nitrogen and oxygen atoms in total. The van der Waals surface area contributed by atoms with Gasteiger partial charge >= 0.3 is 0 Å². The molecule has 2 fully saturated rings. The molecule has 2 saturated carbocycles. The van der Waals surface area contributed by atoms with Crippen molar-refractivity contribution in [1.29, 1.82) is 0 Å². The lowest BCUT2D eigenvalue weighted by Crippen LogP contribution is -2.11. The minimum Gasteiger partial charge on any atom is -0.470 e. The van der Waals surface area contributed by atoms with Crippen LogP contribution in [0, 0.1) is 12.8 Å². The van der Waals surface area contributed by atoms with Gasteiger partial charge in [-0.1, -0.05) is 0 Å². The Kier molecular flexibility index (Phi) is 3.36. The highest BCUT2D eigenvalue weighted by Gasteiger charge is 2.29. The standard InChI is InChI=1S/C14H19N3O2/c1-9-12(15-8-10-2-3-10)16-13(11-4-5-11)17-14(9)19-7-6-18/h6,10-11H,2-5,7-8H2,1H3,(H,15,16,17). The van der Waals surface area contributed by atoms with Crippen LogP contribution in [0.3, 0.4) is 0 Å². The summed E-state index contributed by atoms with van der Waals surface area (Å²) in [6.45, 7) is 2.95. The topological polar surface area (TPSA) is 64.1 Å². The van der Waals surface area contributed by atoms with E-state index in [4.69, 9.17) is 4.74 Å². The summed E-state index contributed by atoms with van der Waals surface area (Å²) in [6, 6.07) is 0. The van der Waals surface area contributed by atoms with E-state index in [2.05, 4.69) is 15.3 Å². The van der Waals surface area contributed by atoms with E-state index in [0.717, 1.165) is 48.8 Å². The van der Waals surface area contributed by atoms with Crippen molar-refractivity contribution in [3.63, 3.8) is 0 Å². The van der Waals surface area contributed by atoms with Crippen LogP contribution in [0.2, 0.25) is 0 Å². The van der Waals surface area contributed by atoms with Crippen molar-refractivity contribution in [2.24, 2.45) is 5.92 Å². The van der Waals surface area contributed by atoms with E-state index < -0.39 is 0 Å². The maximum Gasteiger partial charge on any atom is 0.222 e. The predicted octanol–water partition coefficient (Wildman–Crippen LogP) is 2.06. The molecule has 2 aliphatic carbocycles. The molecule has 0 amide bonds. The second-order valence-electron chi connectivity index (χ2n) is 5.44. The zero-order valence-electron chi connectivity index (χ0n) is 11.2. The molecule has 0 unspecified atom stereocenters. The van der Waals surface area contributed by atoms with E-state index in [9.17, 15) is 4.79 Å². The molecule has 0 radical (unpaired) electrons. The van der Waals surface area contributed by atoms with Crippen LogP contribution in [0.5, 0.6) is 5.88 Å². The summed E-state index contributed by atoms with van der Waals surface area (Å²) >= 11 is 0. The second kappa shape index (κ2) is 5.15. The molecule has 102 valence electrons. The molecule has 19 heavy (non-hydrogen) atoms. The fraction of sp³-hybridized carbons (Fsp3) is 0.643. The summed E-state index contributed by atoms with van der Waals surface area (Å²) in [7, 11) is 0. The first-order chi connectivity index (χ1) is 9.28. The van der Waals surface area contributed by atoms with Crippen LogP contribution >= 0.6 is 0 Å². The average Bonchev–Trinajstić information content (AvgIpc) is 3.29.